The highest BCUT2D eigenvalue weighted by Gasteiger charge is 2.23. The molecule has 4 heteroatoms. The van der Waals surface area contributed by atoms with E-state index in [4.69, 9.17) is 0 Å². The summed E-state index contributed by atoms with van der Waals surface area (Å²) in [6, 6.07) is 12.2. The number of carbonyl (C=O) groups excluding carboxylic acids is 1. The fourth-order valence-electron chi connectivity index (χ4n) is 2.69. The van der Waals surface area contributed by atoms with Crippen molar-refractivity contribution >= 4 is 29.0 Å². The Bertz CT molecular complexity index is 616. The van der Waals surface area contributed by atoms with Gasteiger partial charge >= 0.3 is 0 Å². The predicted octanol–water partition coefficient (Wildman–Crippen LogP) is 4.91. The normalized spacial score (nSPS) is 16.0. The third kappa shape index (κ3) is 3.73. The maximum absolute atomic E-state index is 12.8. The van der Waals surface area contributed by atoms with Crippen LogP contribution < -0.4 is 0 Å². The van der Waals surface area contributed by atoms with Gasteiger partial charge in [0.25, 0.3) is 5.91 Å². The number of nitrogens with zero attached hydrogens (tertiary/aromatic N) is 1. The van der Waals surface area contributed by atoms with Crippen LogP contribution in [0.25, 0.3) is 0 Å². The Hall–Kier alpha value is -1.26. The first kappa shape index (κ1) is 15.6. The maximum atomic E-state index is 12.8. The molecule has 116 valence electrons. The van der Waals surface area contributed by atoms with Crippen LogP contribution in [0.5, 0.6) is 0 Å². The van der Waals surface area contributed by atoms with Crippen LogP contribution in [0, 0.1) is 5.92 Å². The van der Waals surface area contributed by atoms with E-state index in [-0.39, 0.29) is 5.91 Å². The number of thiophene rings is 1. The molecule has 0 saturated carbocycles. The quantitative estimate of drug-likeness (QED) is 0.742. The fraction of sp³-hybridized carbons (Fsp3) is 0.389. The maximum Gasteiger partial charge on any atom is 0.254 e. The molecule has 0 spiro atoms. The molecule has 1 amide bonds. The summed E-state index contributed by atoms with van der Waals surface area (Å²) in [5, 5.41) is 2.10. The summed E-state index contributed by atoms with van der Waals surface area (Å²) < 4.78 is 0. The Labute approximate surface area is 140 Å². The van der Waals surface area contributed by atoms with E-state index in [2.05, 4.69) is 30.5 Å². The van der Waals surface area contributed by atoms with Crippen molar-refractivity contribution in [3.05, 3.63) is 52.2 Å². The number of amides is 1. The molecule has 1 aromatic heterocycles. The Morgan fingerprint density at radius 2 is 2.00 bits per heavy atom. The summed E-state index contributed by atoms with van der Waals surface area (Å²) in [5.41, 5.74) is 0.860. The van der Waals surface area contributed by atoms with Crippen molar-refractivity contribution in [2.75, 3.05) is 13.1 Å². The van der Waals surface area contributed by atoms with Gasteiger partial charge in [0.15, 0.2) is 0 Å². The van der Waals surface area contributed by atoms with Crippen LogP contribution in [-0.2, 0) is 5.75 Å². The number of benzene rings is 1. The number of piperidine rings is 1. The van der Waals surface area contributed by atoms with Gasteiger partial charge in [-0.25, -0.2) is 0 Å². The molecule has 2 heterocycles. The summed E-state index contributed by atoms with van der Waals surface area (Å²) in [4.78, 5) is 17.3. The van der Waals surface area contributed by atoms with Gasteiger partial charge in [-0.3, -0.25) is 4.79 Å². The van der Waals surface area contributed by atoms with Gasteiger partial charge in [-0.1, -0.05) is 25.1 Å². The van der Waals surface area contributed by atoms with Crippen molar-refractivity contribution in [2.45, 2.75) is 30.4 Å². The van der Waals surface area contributed by atoms with Crippen LogP contribution in [0.4, 0.5) is 0 Å². The van der Waals surface area contributed by atoms with Crippen molar-refractivity contribution in [3.63, 3.8) is 0 Å². The van der Waals surface area contributed by atoms with E-state index < -0.39 is 0 Å². The standard InChI is InChI=1S/C18H21NOS2/c1-14-8-10-19(11-9-14)18(20)16-6-2-3-7-17(16)22-13-15-5-4-12-21-15/h2-7,12,14H,8-11,13H2,1H3. The van der Waals surface area contributed by atoms with E-state index in [0.717, 1.165) is 48.1 Å². The number of likely N-dealkylation sites (tertiary alicyclic amines) is 1. The Balaban J connectivity index is 1.71. The lowest BCUT2D eigenvalue weighted by atomic mass is 9.98. The summed E-state index contributed by atoms with van der Waals surface area (Å²) in [6.45, 7) is 4.06. The van der Waals surface area contributed by atoms with Crippen molar-refractivity contribution in [1.82, 2.24) is 4.90 Å². The van der Waals surface area contributed by atoms with Crippen LogP contribution in [0.2, 0.25) is 0 Å². The zero-order valence-corrected chi connectivity index (χ0v) is 14.5. The molecule has 0 radical (unpaired) electrons. The summed E-state index contributed by atoms with van der Waals surface area (Å²) in [6.07, 6.45) is 2.24. The first-order valence-electron chi connectivity index (χ1n) is 7.77. The number of carbonyl (C=O) groups is 1. The van der Waals surface area contributed by atoms with E-state index in [0.29, 0.717) is 0 Å². The molecule has 0 N–H and O–H groups in total. The van der Waals surface area contributed by atoms with Crippen LogP contribution in [-0.4, -0.2) is 23.9 Å². The Morgan fingerprint density at radius 3 is 2.73 bits per heavy atom. The molecule has 2 aromatic rings. The molecular formula is C18H21NOS2. The molecular weight excluding hydrogens is 310 g/mol. The highest BCUT2D eigenvalue weighted by Crippen LogP contribution is 2.29. The van der Waals surface area contributed by atoms with Crippen LogP contribution in [0.15, 0.2) is 46.7 Å². The summed E-state index contributed by atoms with van der Waals surface area (Å²) >= 11 is 3.53. The van der Waals surface area contributed by atoms with Gasteiger partial charge in [0.05, 0.1) is 5.56 Å². The molecule has 0 atom stereocenters. The van der Waals surface area contributed by atoms with Gasteiger partial charge in [-0.15, -0.1) is 23.1 Å². The van der Waals surface area contributed by atoms with E-state index in [1.807, 2.05) is 23.1 Å². The second-order valence-electron chi connectivity index (χ2n) is 5.84. The van der Waals surface area contributed by atoms with Gasteiger partial charge < -0.3 is 4.90 Å². The van der Waals surface area contributed by atoms with Gasteiger partial charge in [0, 0.05) is 28.6 Å². The van der Waals surface area contributed by atoms with Crippen LogP contribution in [0.3, 0.4) is 0 Å². The van der Waals surface area contributed by atoms with Crippen molar-refractivity contribution in [1.29, 1.82) is 0 Å². The molecule has 3 rings (SSSR count). The Morgan fingerprint density at radius 1 is 1.23 bits per heavy atom. The lowest BCUT2D eigenvalue weighted by molar-refractivity contribution is 0.0693. The van der Waals surface area contributed by atoms with Crippen LogP contribution >= 0.6 is 23.1 Å². The molecule has 0 bridgehead atoms. The minimum absolute atomic E-state index is 0.196. The smallest absolute Gasteiger partial charge is 0.254 e. The third-order valence-corrected chi connectivity index (χ3v) is 6.32. The molecule has 1 aromatic carbocycles. The Kier molecular flexibility index (Phi) is 5.21. The highest BCUT2D eigenvalue weighted by atomic mass is 32.2. The van der Waals surface area contributed by atoms with Crippen molar-refractivity contribution in [2.24, 2.45) is 5.92 Å². The first-order valence-corrected chi connectivity index (χ1v) is 9.64. The van der Waals surface area contributed by atoms with Crippen molar-refractivity contribution in [3.8, 4) is 0 Å². The van der Waals surface area contributed by atoms with E-state index in [1.165, 1.54) is 4.88 Å². The summed E-state index contributed by atoms with van der Waals surface area (Å²) in [5.74, 6) is 1.87. The zero-order valence-electron chi connectivity index (χ0n) is 12.8. The summed E-state index contributed by atoms with van der Waals surface area (Å²) in [7, 11) is 0. The first-order chi connectivity index (χ1) is 10.7. The second-order valence-corrected chi connectivity index (χ2v) is 7.89. The van der Waals surface area contributed by atoms with Gasteiger partial charge in [0.1, 0.15) is 0 Å². The minimum Gasteiger partial charge on any atom is -0.339 e. The highest BCUT2D eigenvalue weighted by molar-refractivity contribution is 7.98. The average Bonchev–Trinajstić information content (AvgIpc) is 3.07. The second kappa shape index (κ2) is 7.34. The SMILES string of the molecule is CC1CCN(C(=O)c2ccccc2SCc2cccs2)CC1. The fourth-order valence-corrected chi connectivity index (χ4v) is 4.51. The molecule has 0 aliphatic carbocycles. The lowest BCUT2D eigenvalue weighted by Crippen LogP contribution is -2.38. The van der Waals surface area contributed by atoms with Gasteiger partial charge in [0.2, 0.25) is 0 Å². The lowest BCUT2D eigenvalue weighted by Gasteiger charge is -2.30. The number of hydrogen-bond acceptors (Lipinski definition) is 3. The average molecular weight is 332 g/mol. The largest absolute Gasteiger partial charge is 0.339 e. The molecule has 0 unspecified atom stereocenters. The molecule has 1 aliphatic heterocycles. The predicted molar refractivity (Wildman–Crippen MR) is 94.6 cm³/mol. The van der Waals surface area contributed by atoms with Gasteiger partial charge in [-0.2, -0.15) is 0 Å². The third-order valence-electron chi connectivity index (χ3n) is 4.14. The molecule has 2 nitrogen and oxygen atoms in total. The molecule has 22 heavy (non-hydrogen) atoms. The van der Waals surface area contributed by atoms with Gasteiger partial charge in [-0.05, 0) is 42.3 Å². The van der Waals surface area contributed by atoms with Crippen LogP contribution in [0.1, 0.15) is 35.0 Å². The molecule has 1 fully saturated rings. The number of hydrogen-bond donors (Lipinski definition) is 0. The monoisotopic (exact) mass is 331 g/mol. The number of thioether (sulfide) groups is 1. The van der Waals surface area contributed by atoms with Crippen molar-refractivity contribution < 1.29 is 4.79 Å². The van der Waals surface area contributed by atoms with E-state index >= 15 is 0 Å². The molecule has 1 aliphatic rings. The van der Waals surface area contributed by atoms with E-state index in [1.54, 1.807) is 23.1 Å². The number of rotatable bonds is 4. The molecule has 1 saturated heterocycles. The minimum atomic E-state index is 0.196. The topological polar surface area (TPSA) is 20.3 Å². The zero-order chi connectivity index (χ0) is 15.4. The van der Waals surface area contributed by atoms with E-state index in [9.17, 15) is 4.79 Å².